The van der Waals surface area contributed by atoms with Crippen LogP contribution in [0.4, 0.5) is 0 Å². The molecule has 4 unspecified atom stereocenters. The van der Waals surface area contributed by atoms with Gasteiger partial charge in [-0.05, 0) is 38.1 Å². The number of carboxylic acid groups (broad SMARTS) is 1. The molecule has 3 nitrogen and oxygen atoms in total. The van der Waals surface area contributed by atoms with Crippen LogP contribution in [0, 0.1) is 17.8 Å². The monoisotopic (exact) mass is 227 g/mol. The summed E-state index contributed by atoms with van der Waals surface area (Å²) in [5, 5.41) is 8.90. The number of carbonyl (C=O) groups is 1. The van der Waals surface area contributed by atoms with E-state index in [0.717, 1.165) is 11.8 Å². The highest BCUT2D eigenvalue weighted by Gasteiger charge is 2.28. The van der Waals surface area contributed by atoms with Crippen molar-refractivity contribution in [1.82, 2.24) is 4.90 Å². The normalized spacial score (nSPS) is 32.7. The Kier molecular flexibility index (Phi) is 4.78. The van der Waals surface area contributed by atoms with E-state index >= 15 is 0 Å². The molecule has 1 rings (SSSR count). The lowest BCUT2D eigenvalue weighted by atomic mass is 9.78. The average molecular weight is 227 g/mol. The third-order valence-corrected chi connectivity index (χ3v) is 4.18. The zero-order chi connectivity index (χ0) is 12.3. The number of aliphatic carboxylic acids is 1. The van der Waals surface area contributed by atoms with Crippen LogP contribution in [0.15, 0.2) is 0 Å². The van der Waals surface area contributed by atoms with Gasteiger partial charge in [0.2, 0.25) is 0 Å². The standard InChI is InChI=1S/C13H25NO2/c1-9-5-6-12(7-10(9)2)14(4)8-11(3)13(15)16/h9-12H,5-8H2,1-4H3,(H,15,16). The van der Waals surface area contributed by atoms with Crippen LogP contribution in [0.3, 0.4) is 0 Å². The zero-order valence-corrected chi connectivity index (χ0v) is 10.9. The summed E-state index contributed by atoms with van der Waals surface area (Å²) in [5.41, 5.74) is 0. The molecule has 1 saturated carbocycles. The van der Waals surface area contributed by atoms with Gasteiger partial charge in [-0.15, -0.1) is 0 Å². The first-order valence-corrected chi connectivity index (χ1v) is 6.34. The van der Waals surface area contributed by atoms with Gasteiger partial charge in [-0.25, -0.2) is 0 Å². The molecule has 0 saturated heterocycles. The van der Waals surface area contributed by atoms with Gasteiger partial charge < -0.3 is 10.0 Å². The quantitative estimate of drug-likeness (QED) is 0.802. The molecule has 3 heteroatoms. The van der Waals surface area contributed by atoms with Crippen molar-refractivity contribution in [1.29, 1.82) is 0 Å². The Balaban J connectivity index is 2.42. The fourth-order valence-corrected chi connectivity index (χ4v) is 2.58. The maximum atomic E-state index is 10.8. The maximum absolute atomic E-state index is 10.8. The Hall–Kier alpha value is -0.570. The zero-order valence-electron chi connectivity index (χ0n) is 10.9. The summed E-state index contributed by atoms with van der Waals surface area (Å²) in [5.74, 6) is 0.631. The SMILES string of the molecule is CC(CN(C)C1CCC(C)C(C)C1)C(=O)O. The van der Waals surface area contributed by atoms with Gasteiger partial charge in [0.15, 0.2) is 0 Å². The second-order valence-corrected chi connectivity index (χ2v) is 5.60. The molecule has 94 valence electrons. The highest BCUT2D eigenvalue weighted by atomic mass is 16.4. The minimum atomic E-state index is -0.691. The van der Waals surface area contributed by atoms with Crippen molar-refractivity contribution in [3.8, 4) is 0 Å². The van der Waals surface area contributed by atoms with Crippen LogP contribution in [0.5, 0.6) is 0 Å². The van der Waals surface area contributed by atoms with E-state index in [1.54, 1.807) is 6.92 Å². The van der Waals surface area contributed by atoms with Crippen molar-refractivity contribution in [2.45, 2.75) is 46.1 Å². The van der Waals surface area contributed by atoms with Crippen LogP contribution in [0.2, 0.25) is 0 Å². The molecule has 0 bridgehead atoms. The third-order valence-electron chi connectivity index (χ3n) is 4.18. The minimum Gasteiger partial charge on any atom is -0.481 e. The molecule has 0 amide bonds. The van der Waals surface area contributed by atoms with Crippen molar-refractivity contribution >= 4 is 5.97 Å². The van der Waals surface area contributed by atoms with Crippen molar-refractivity contribution < 1.29 is 9.90 Å². The Morgan fingerprint density at radius 3 is 2.50 bits per heavy atom. The lowest BCUT2D eigenvalue weighted by Crippen LogP contribution is -2.41. The van der Waals surface area contributed by atoms with Crippen LogP contribution in [-0.2, 0) is 4.79 Å². The van der Waals surface area contributed by atoms with Gasteiger partial charge in [-0.2, -0.15) is 0 Å². The van der Waals surface area contributed by atoms with E-state index in [4.69, 9.17) is 5.11 Å². The Labute approximate surface area is 98.8 Å². The van der Waals surface area contributed by atoms with Crippen LogP contribution < -0.4 is 0 Å². The fourth-order valence-electron chi connectivity index (χ4n) is 2.58. The number of nitrogens with zero attached hydrogens (tertiary/aromatic N) is 1. The summed E-state index contributed by atoms with van der Waals surface area (Å²) < 4.78 is 0. The molecule has 4 atom stereocenters. The van der Waals surface area contributed by atoms with Crippen LogP contribution in [0.1, 0.15) is 40.0 Å². The molecular formula is C13H25NO2. The van der Waals surface area contributed by atoms with E-state index in [1.807, 2.05) is 0 Å². The van der Waals surface area contributed by atoms with Crippen LogP contribution in [-0.4, -0.2) is 35.6 Å². The smallest absolute Gasteiger partial charge is 0.307 e. The van der Waals surface area contributed by atoms with E-state index < -0.39 is 5.97 Å². The molecule has 1 fully saturated rings. The predicted molar refractivity (Wildman–Crippen MR) is 65.4 cm³/mol. The van der Waals surface area contributed by atoms with E-state index in [0.29, 0.717) is 12.6 Å². The summed E-state index contributed by atoms with van der Waals surface area (Å²) in [7, 11) is 2.06. The number of carboxylic acids is 1. The van der Waals surface area contributed by atoms with Crippen molar-refractivity contribution in [3.63, 3.8) is 0 Å². The number of hydrogen-bond donors (Lipinski definition) is 1. The molecule has 0 heterocycles. The minimum absolute atomic E-state index is 0.264. The Morgan fingerprint density at radius 2 is 2.00 bits per heavy atom. The molecule has 1 aliphatic carbocycles. The predicted octanol–water partition coefficient (Wildman–Crippen LogP) is 2.46. The van der Waals surface area contributed by atoms with Gasteiger partial charge in [0.05, 0.1) is 5.92 Å². The Bertz CT molecular complexity index is 242. The first-order valence-electron chi connectivity index (χ1n) is 6.34. The van der Waals surface area contributed by atoms with Crippen LogP contribution in [0.25, 0.3) is 0 Å². The van der Waals surface area contributed by atoms with Gasteiger partial charge >= 0.3 is 5.97 Å². The number of rotatable bonds is 4. The molecule has 0 aliphatic heterocycles. The molecule has 16 heavy (non-hydrogen) atoms. The average Bonchev–Trinajstić information content (AvgIpc) is 2.21. The Morgan fingerprint density at radius 1 is 1.38 bits per heavy atom. The summed E-state index contributed by atoms with van der Waals surface area (Å²) in [6.45, 7) is 7.08. The molecule has 0 aromatic carbocycles. The summed E-state index contributed by atoms with van der Waals surface area (Å²) in [4.78, 5) is 13.0. The van der Waals surface area contributed by atoms with Gasteiger partial charge in [0, 0.05) is 12.6 Å². The highest BCUT2D eigenvalue weighted by Crippen LogP contribution is 2.31. The van der Waals surface area contributed by atoms with Crippen molar-refractivity contribution in [2.24, 2.45) is 17.8 Å². The summed E-state index contributed by atoms with van der Waals surface area (Å²) >= 11 is 0. The van der Waals surface area contributed by atoms with E-state index in [9.17, 15) is 4.79 Å². The largest absolute Gasteiger partial charge is 0.481 e. The fraction of sp³-hybridized carbons (Fsp3) is 0.923. The maximum Gasteiger partial charge on any atom is 0.307 e. The van der Waals surface area contributed by atoms with E-state index in [1.165, 1.54) is 19.3 Å². The molecule has 0 spiro atoms. The molecular weight excluding hydrogens is 202 g/mol. The van der Waals surface area contributed by atoms with E-state index in [-0.39, 0.29) is 5.92 Å². The van der Waals surface area contributed by atoms with Crippen LogP contribution >= 0.6 is 0 Å². The topological polar surface area (TPSA) is 40.5 Å². The number of hydrogen-bond acceptors (Lipinski definition) is 2. The molecule has 0 radical (unpaired) electrons. The third kappa shape index (κ3) is 3.48. The molecule has 0 aromatic rings. The van der Waals surface area contributed by atoms with Crippen molar-refractivity contribution in [2.75, 3.05) is 13.6 Å². The van der Waals surface area contributed by atoms with Crippen molar-refractivity contribution in [3.05, 3.63) is 0 Å². The van der Waals surface area contributed by atoms with Gasteiger partial charge in [0.25, 0.3) is 0 Å². The molecule has 0 aromatic heterocycles. The van der Waals surface area contributed by atoms with E-state index in [2.05, 4.69) is 25.8 Å². The molecule has 1 aliphatic rings. The first-order chi connectivity index (χ1) is 7.41. The first kappa shape index (κ1) is 13.5. The second kappa shape index (κ2) is 5.67. The summed E-state index contributed by atoms with van der Waals surface area (Å²) in [6.07, 6.45) is 3.70. The highest BCUT2D eigenvalue weighted by molar-refractivity contribution is 5.69. The van der Waals surface area contributed by atoms with Gasteiger partial charge in [0.1, 0.15) is 0 Å². The lowest BCUT2D eigenvalue weighted by Gasteiger charge is -2.38. The van der Waals surface area contributed by atoms with Gasteiger partial charge in [-0.1, -0.05) is 20.8 Å². The summed E-state index contributed by atoms with van der Waals surface area (Å²) in [6, 6.07) is 0.577. The lowest BCUT2D eigenvalue weighted by molar-refractivity contribution is -0.141. The van der Waals surface area contributed by atoms with Gasteiger partial charge in [-0.3, -0.25) is 4.79 Å². The second-order valence-electron chi connectivity index (χ2n) is 5.60. The molecule has 1 N–H and O–H groups in total.